The van der Waals surface area contributed by atoms with E-state index in [2.05, 4.69) is 10.3 Å². The first-order valence-electron chi connectivity index (χ1n) is 8.63. The van der Waals surface area contributed by atoms with Crippen LogP contribution in [0, 0.1) is 6.92 Å². The Balaban J connectivity index is 1.46. The molecular weight excluding hydrogens is 340 g/mol. The molecule has 4 aromatic rings. The number of amides is 1. The molecule has 27 heavy (non-hydrogen) atoms. The molecule has 0 atom stereocenters. The first-order valence-corrected chi connectivity index (χ1v) is 8.63. The van der Waals surface area contributed by atoms with Gasteiger partial charge in [-0.05, 0) is 48.9 Å². The highest BCUT2D eigenvalue weighted by Gasteiger charge is 2.10. The molecule has 1 N–H and O–H groups in total. The van der Waals surface area contributed by atoms with Crippen molar-refractivity contribution in [3.8, 4) is 17.2 Å². The van der Waals surface area contributed by atoms with Gasteiger partial charge in [-0.3, -0.25) is 4.79 Å². The molecule has 1 aromatic heterocycles. The SMILES string of the molecule is Cc1ccccc1OCC(=O)Nc1cccc(-c2nc3ccccc3o2)c1. The van der Waals surface area contributed by atoms with Crippen LogP contribution in [0.2, 0.25) is 0 Å². The van der Waals surface area contributed by atoms with E-state index in [0.29, 0.717) is 17.3 Å². The Morgan fingerprint density at radius 2 is 1.85 bits per heavy atom. The zero-order valence-corrected chi connectivity index (χ0v) is 14.8. The molecule has 0 saturated heterocycles. The Kier molecular flexibility index (Phi) is 4.58. The van der Waals surface area contributed by atoms with Crippen molar-refractivity contribution in [2.24, 2.45) is 0 Å². The zero-order valence-electron chi connectivity index (χ0n) is 14.8. The number of para-hydroxylation sites is 3. The number of oxazole rings is 1. The van der Waals surface area contributed by atoms with Crippen LogP contribution in [0.5, 0.6) is 5.75 Å². The Hall–Kier alpha value is -3.60. The third-order valence-corrected chi connectivity index (χ3v) is 4.14. The summed E-state index contributed by atoms with van der Waals surface area (Å²) in [5.74, 6) is 0.990. The minimum Gasteiger partial charge on any atom is -0.483 e. The normalized spacial score (nSPS) is 10.7. The molecule has 0 unspecified atom stereocenters. The summed E-state index contributed by atoms with van der Waals surface area (Å²) in [6.07, 6.45) is 0. The van der Waals surface area contributed by atoms with Gasteiger partial charge < -0.3 is 14.5 Å². The quantitative estimate of drug-likeness (QED) is 0.555. The Morgan fingerprint density at radius 3 is 2.70 bits per heavy atom. The number of aromatic nitrogens is 1. The second kappa shape index (κ2) is 7.33. The molecule has 0 saturated carbocycles. The summed E-state index contributed by atoms with van der Waals surface area (Å²) in [6.45, 7) is 1.88. The van der Waals surface area contributed by atoms with E-state index in [9.17, 15) is 4.79 Å². The van der Waals surface area contributed by atoms with Gasteiger partial charge in [0.1, 0.15) is 11.3 Å². The summed E-state index contributed by atoms with van der Waals surface area (Å²) in [5.41, 5.74) is 3.97. The number of hydrogen-bond acceptors (Lipinski definition) is 4. The van der Waals surface area contributed by atoms with Crippen LogP contribution in [0.15, 0.2) is 77.2 Å². The van der Waals surface area contributed by atoms with Crippen LogP contribution in [0.4, 0.5) is 5.69 Å². The summed E-state index contributed by atoms with van der Waals surface area (Å²) in [6, 6.07) is 22.6. The minimum atomic E-state index is -0.229. The third kappa shape index (κ3) is 3.82. The molecule has 1 heterocycles. The first kappa shape index (κ1) is 16.8. The molecule has 0 bridgehead atoms. The van der Waals surface area contributed by atoms with Gasteiger partial charge in [-0.25, -0.2) is 4.98 Å². The van der Waals surface area contributed by atoms with Crippen molar-refractivity contribution in [1.82, 2.24) is 4.98 Å². The molecular formula is C22H18N2O3. The molecule has 3 aromatic carbocycles. The lowest BCUT2D eigenvalue weighted by Gasteiger charge is -2.09. The van der Waals surface area contributed by atoms with E-state index in [1.807, 2.05) is 79.7 Å². The Labute approximate surface area is 156 Å². The molecule has 5 nitrogen and oxygen atoms in total. The van der Waals surface area contributed by atoms with Crippen molar-refractivity contribution < 1.29 is 13.9 Å². The summed E-state index contributed by atoms with van der Waals surface area (Å²) in [4.78, 5) is 16.7. The van der Waals surface area contributed by atoms with Crippen molar-refractivity contribution in [2.45, 2.75) is 6.92 Å². The molecule has 0 aliphatic carbocycles. The molecule has 0 aliphatic heterocycles. The highest BCUT2D eigenvalue weighted by Crippen LogP contribution is 2.26. The summed E-state index contributed by atoms with van der Waals surface area (Å²) >= 11 is 0. The van der Waals surface area contributed by atoms with Gasteiger partial charge in [0.15, 0.2) is 12.2 Å². The monoisotopic (exact) mass is 358 g/mol. The van der Waals surface area contributed by atoms with E-state index >= 15 is 0 Å². The maximum Gasteiger partial charge on any atom is 0.262 e. The molecule has 0 spiro atoms. The predicted octanol–water partition coefficient (Wildman–Crippen LogP) is 4.82. The maximum absolute atomic E-state index is 12.2. The van der Waals surface area contributed by atoms with E-state index in [1.54, 1.807) is 0 Å². The van der Waals surface area contributed by atoms with Gasteiger partial charge in [0.25, 0.3) is 5.91 Å². The Bertz CT molecular complexity index is 1070. The molecule has 4 rings (SSSR count). The second-order valence-electron chi connectivity index (χ2n) is 6.17. The number of benzene rings is 3. The number of nitrogens with one attached hydrogen (secondary N) is 1. The van der Waals surface area contributed by atoms with Crippen LogP contribution < -0.4 is 10.1 Å². The molecule has 0 radical (unpaired) electrons. The van der Waals surface area contributed by atoms with Crippen LogP contribution in [-0.2, 0) is 4.79 Å². The lowest BCUT2D eigenvalue weighted by molar-refractivity contribution is -0.118. The van der Waals surface area contributed by atoms with Gasteiger partial charge in [-0.2, -0.15) is 0 Å². The highest BCUT2D eigenvalue weighted by atomic mass is 16.5. The number of aryl methyl sites for hydroxylation is 1. The van der Waals surface area contributed by atoms with Crippen molar-refractivity contribution in [3.05, 3.63) is 78.4 Å². The van der Waals surface area contributed by atoms with Crippen LogP contribution in [0.3, 0.4) is 0 Å². The summed E-state index contributed by atoms with van der Waals surface area (Å²) in [5, 5.41) is 2.84. The largest absolute Gasteiger partial charge is 0.483 e. The average molecular weight is 358 g/mol. The minimum absolute atomic E-state index is 0.0576. The van der Waals surface area contributed by atoms with Crippen molar-refractivity contribution in [2.75, 3.05) is 11.9 Å². The van der Waals surface area contributed by atoms with Gasteiger partial charge in [0, 0.05) is 11.3 Å². The fourth-order valence-corrected chi connectivity index (χ4v) is 2.78. The van der Waals surface area contributed by atoms with Crippen LogP contribution in [0.1, 0.15) is 5.56 Å². The van der Waals surface area contributed by atoms with E-state index in [4.69, 9.17) is 9.15 Å². The molecule has 0 fully saturated rings. The number of carbonyl (C=O) groups is 1. The van der Waals surface area contributed by atoms with Gasteiger partial charge in [0.2, 0.25) is 5.89 Å². The maximum atomic E-state index is 12.2. The number of anilines is 1. The highest BCUT2D eigenvalue weighted by molar-refractivity contribution is 5.92. The smallest absolute Gasteiger partial charge is 0.262 e. The van der Waals surface area contributed by atoms with Crippen molar-refractivity contribution in [3.63, 3.8) is 0 Å². The van der Waals surface area contributed by atoms with Gasteiger partial charge in [-0.1, -0.05) is 36.4 Å². The van der Waals surface area contributed by atoms with Crippen molar-refractivity contribution in [1.29, 1.82) is 0 Å². The average Bonchev–Trinajstić information content (AvgIpc) is 3.12. The fourth-order valence-electron chi connectivity index (χ4n) is 2.78. The van der Waals surface area contributed by atoms with Crippen LogP contribution in [-0.4, -0.2) is 17.5 Å². The second-order valence-corrected chi connectivity index (χ2v) is 6.17. The number of carbonyl (C=O) groups excluding carboxylic acids is 1. The van der Waals surface area contributed by atoms with Gasteiger partial charge in [0.05, 0.1) is 0 Å². The number of fused-ring (bicyclic) bond motifs is 1. The van der Waals surface area contributed by atoms with E-state index in [0.717, 1.165) is 22.2 Å². The summed E-state index contributed by atoms with van der Waals surface area (Å²) < 4.78 is 11.4. The molecule has 0 aliphatic rings. The van der Waals surface area contributed by atoms with Crippen LogP contribution in [0.25, 0.3) is 22.6 Å². The predicted molar refractivity (Wildman–Crippen MR) is 105 cm³/mol. The lowest BCUT2D eigenvalue weighted by atomic mass is 10.2. The standard InChI is InChI=1S/C22H18N2O3/c1-15-7-2-4-11-19(15)26-14-21(25)23-17-9-6-8-16(13-17)22-24-18-10-3-5-12-20(18)27-22/h2-13H,14H2,1H3,(H,23,25). The van der Waals surface area contributed by atoms with Crippen molar-refractivity contribution >= 4 is 22.7 Å². The number of rotatable bonds is 5. The topological polar surface area (TPSA) is 64.4 Å². The van der Waals surface area contributed by atoms with E-state index in [1.165, 1.54) is 0 Å². The van der Waals surface area contributed by atoms with Gasteiger partial charge >= 0.3 is 0 Å². The Morgan fingerprint density at radius 1 is 1.04 bits per heavy atom. The number of ether oxygens (including phenoxy) is 1. The van der Waals surface area contributed by atoms with E-state index < -0.39 is 0 Å². The number of hydrogen-bond donors (Lipinski definition) is 1. The number of nitrogens with zero attached hydrogens (tertiary/aromatic N) is 1. The third-order valence-electron chi connectivity index (χ3n) is 4.14. The first-order chi connectivity index (χ1) is 13.2. The molecule has 1 amide bonds. The fraction of sp³-hybridized carbons (Fsp3) is 0.0909. The van der Waals surface area contributed by atoms with E-state index in [-0.39, 0.29) is 12.5 Å². The molecule has 134 valence electrons. The lowest BCUT2D eigenvalue weighted by Crippen LogP contribution is -2.20. The van der Waals surface area contributed by atoms with Crippen LogP contribution >= 0.6 is 0 Å². The van der Waals surface area contributed by atoms with Gasteiger partial charge in [-0.15, -0.1) is 0 Å². The zero-order chi connectivity index (χ0) is 18.6. The summed E-state index contributed by atoms with van der Waals surface area (Å²) in [7, 11) is 0. The molecule has 5 heteroatoms.